The summed E-state index contributed by atoms with van der Waals surface area (Å²) in [6.07, 6.45) is 1.57. The summed E-state index contributed by atoms with van der Waals surface area (Å²) in [7, 11) is -3.86. The van der Waals surface area contributed by atoms with Gasteiger partial charge >= 0.3 is 0 Å². The zero-order valence-electron chi connectivity index (χ0n) is 17.7. The normalized spacial score (nSPS) is 11.6. The second kappa shape index (κ2) is 8.39. The van der Waals surface area contributed by atoms with Crippen LogP contribution in [-0.2, 0) is 16.6 Å². The van der Waals surface area contributed by atoms with Gasteiger partial charge in [0.1, 0.15) is 16.5 Å². The quantitative estimate of drug-likeness (QED) is 0.435. The van der Waals surface area contributed by atoms with Crippen LogP contribution in [0, 0.1) is 13.8 Å². The molecule has 8 heteroatoms. The Bertz CT molecular complexity index is 1310. The highest BCUT2D eigenvalue weighted by Crippen LogP contribution is 2.28. The molecule has 0 unspecified atom stereocenters. The second-order valence-corrected chi connectivity index (χ2v) is 9.13. The van der Waals surface area contributed by atoms with Gasteiger partial charge in [0.2, 0.25) is 0 Å². The summed E-state index contributed by atoms with van der Waals surface area (Å²) in [6.45, 7) is 6.43. The Hall–Kier alpha value is -3.39. The Morgan fingerprint density at radius 3 is 2.48 bits per heavy atom. The Morgan fingerprint density at radius 2 is 1.77 bits per heavy atom. The van der Waals surface area contributed by atoms with E-state index >= 15 is 0 Å². The summed E-state index contributed by atoms with van der Waals surface area (Å²) in [5.74, 6) is 1.32. The summed E-state index contributed by atoms with van der Waals surface area (Å²) < 4.78 is 36.1. The lowest BCUT2D eigenvalue weighted by atomic mass is 10.1. The molecule has 2 aromatic heterocycles. The van der Waals surface area contributed by atoms with Crippen molar-refractivity contribution in [1.29, 1.82) is 0 Å². The number of aromatic nitrogens is 3. The molecule has 4 rings (SSSR count). The maximum absolute atomic E-state index is 13.8. The number of benzene rings is 2. The number of hydrogen-bond donors (Lipinski definition) is 0. The van der Waals surface area contributed by atoms with Gasteiger partial charge in [-0.05, 0) is 62.7 Å². The second-order valence-electron chi connectivity index (χ2n) is 7.27. The first kappa shape index (κ1) is 20.9. The van der Waals surface area contributed by atoms with E-state index in [9.17, 15) is 8.42 Å². The van der Waals surface area contributed by atoms with Crippen LogP contribution >= 0.6 is 0 Å². The van der Waals surface area contributed by atoms with Crippen molar-refractivity contribution in [2.45, 2.75) is 32.2 Å². The first-order valence-corrected chi connectivity index (χ1v) is 11.4. The van der Waals surface area contributed by atoms with Gasteiger partial charge in [-0.2, -0.15) is 0 Å². The zero-order valence-corrected chi connectivity index (χ0v) is 18.5. The van der Waals surface area contributed by atoms with E-state index in [1.807, 2.05) is 38.1 Å². The number of aryl methyl sites for hydroxylation is 2. The molecule has 0 radical (unpaired) electrons. The van der Waals surface area contributed by atoms with Crippen molar-refractivity contribution in [3.05, 3.63) is 83.8 Å². The molecule has 0 fully saturated rings. The van der Waals surface area contributed by atoms with Gasteiger partial charge in [0.15, 0.2) is 5.65 Å². The fourth-order valence-electron chi connectivity index (χ4n) is 3.43. The van der Waals surface area contributed by atoms with Crippen LogP contribution in [0.1, 0.15) is 23.9 Å². The van der Waals surface area contributed by atoms with E-state index in [1.54, 1.807) is 53.9 Å². The minimum absolute atomic E-state index is 0.171. The molecule has 160 valence electrons. The van der Waals surface area contributed by atoms with Gasteiger partial charge < -0.3 is 4.74 Å². The molecule has 2 aromatic carbocycles. The van der Waals surface area contributed by atoms with Crippen LogP contribution in [0.4, 0.5) is 5.69 Å². The van der Waals surface area contributed by atoms with Gasteiger partial charge in [-0.25, -0.2) is 8.42 Å². The molecule has 0 aliphatic heterocycles. The van der Waals surface area contributed by atoms with Gasteiger partial charge in [0.25, 0.3) is 10.0 Å². The molecule has 0 N–H and O–H groups in total. The molecule has 0 aliphatic rings. The van der Waals surface area contributed by atoms with Crippen LogP contribution in [0.2, 0.25) is 0 Å². The van der Waals surface area contributed by atoms with Crippen molar-refractivity contribution in [3.8, 4) is 5.75 Å². The summed E-state index contributed by atoms with van der Waals surface area (Å²) in [5, 5.41) is 8.06. The molecule has 0 saturated heterocycles. The van der Waals surface area contributed by atoms with Crippen molar-refractivity contribution >= 4 is 21.4 Å². The predicted molar refractivity (Wildman–Crippen MR) is 120 cm³/mol. The van der Waals surface area contributed by atoms with Crippen molar-refractivity contribution in [3.63, 3.8) is 0 Å². The molecule has 0 saturated carbocycles. The van der Waals surface area contributed by atoms with Crippen molar-refractivity contribution < 1.29 is 13.2 Å². The van der Waals surface area contributed by atoms with E-state index in [-0.39, 0.29) is 11.4 Å². The predicted octanol–water partition coefficient (Wildman–Crippen LogP) is 4.14. The van der Waals surface area contributed by atoms with Crippen LogP contribution in [-0.4, -0.2) is 29.6 Å². The van der Waals surface area contributed by atoms with E-state index in [2.05, 4.69) is 10.2 Å². The Kier molecular flexibility index (Phi) is 5.65. The van der Waals surface area contributed by atoms with E-state index in [4.69, 9.17) is 4.74 Å². The van der Waals surface area contributed by atoms with Gasteiger partial charge in [0, 0.05) is 6.20 Å². The maximum Gasteiger partial charge on any atom is 0.266 e. The Balaban J connectivity index is 1.80. The summed E-state index contributed by atoms with van der Waals surface area (Å²) >= 11 is 0. The average molecular weight is 437 g/mol. The zero-order chi connectivity index (χ0) is 22.0. The minimum atomic E-state index is -3.86. The van der Waals surface area contributed by atoms with Gasteiger partial charge in [0.05, 0.1) is 18.8 Å². The third kappa shape index (κ3) is 4.25. The number of pyridine rings is 1. The lowest BCUT2D eigenvalue weighted by molar-refractivity contribution is 0.340. The third-order valence-electron chi connectivity index (χ3n) is 4.98. The van der Waals surface area contributed by atoms with Crippen LogP contribution in [0.3, 0.4) is 0 Å². The lowest BCUT2D eigenvalue weighted by Gasteiger charge is -2.25. The summed E-state index contributed by atoms with van der Waals surface area (Å²) in [4.78, 5) is 0.171. The summed E-state index contributed by atoms with van der Waals surface area (Å²) in [5.41, 5.74) is 3.13. The molecule has 0 amide bonds. The molecular formula is C23H24N4O3S. The fraction of sp³-hybridized carbons (Fsp3) is 0.217. The number of fused-ring (bicyclic) bond motifs is 1. The maximum atomic E-state index is 13.8. The highest BCUT2D eigenvalue weighted by Gasteiger charge is 2.26. The molecular weight excluding hydrogens is 412 g/mol. The molecule has 31 heavy (non-hydrogen) atoms. The van der Waals surface area contributed by atoms with Crippen LogP contribution in [0.25, 0.3) is 5.65 Å². The summed E-state index contributed by atoms with van der Waals surface area (Å²) in [6, 6.07) is 18.2. The van der Waals surface area contributed by atoms with Crippen LogP contribution in [0.15, 0.2) is 71.8 Å². The first-order valence-electron chi connectivity index (χ1n) is 10.0. The first-order chi connectivity index (χ1) is 14.9. The minimum Gasteiger partial charge on any atom is -0.494 e. The lowest BCUT2D eigenvalue weighted by Crippen LogP contribution is -2.30. The molecule has 2 heterocycles. The van der Waals surface area contributed by atoms with Gasteiger partial charge in [-0.15, -0.1) is 10.2 Å². The highest BCUT2D eigenvalue weighted by molar-refractivity contribution is 7.92. The number of sulfonamides is 1. The monoisotopic (exact) mass is 436 g/mol. The van der Waals surface area contributed by atoms with E-state index < -0.39 is 10.0 Å². The van der Waals surface area contributed by atoms with E-state index in [1.165, 1.54) is 4.31 Å². The molecule has 0 atom stereocenters. The molecule has 7 nitrogen and oxygen atoms in total. The van der Waals surface area contributed by atoms with Crippen molar-refractivity contribution in [1.82, 2.24) is 14.6 Å². The van der Waals surface area contributed by atoms with Gasteiger partial charge in [-0.3, -0.25) is 8.71 Å². The fourth-order valence-corrected chi connectivity index (χ4v) is 4.88. The largest absolute Gasteiger partial charge is 0.494 e. The molecule has 4 aromatic rings. The third-order valence-corrected chi connectivity index (χ3v) is 6.74. The molecule has 0 aliphatic carbocycles. The number of anilines is 1. The van der Waals surface area contributed by atoms with E-state index in [0.29, 0.717) is 29.5 Å². The number of hydrogen-bond acceptors (Lipinski definition) is 5. The van der Waals surface area contributed by atoms with E-state index in [0.717, 1.165) is 11.1 Å². The smallest absolute Gasteiger partial charge is 0.266 e. The molecule has 0 bridgehead atoms. The average Bonchev–Trinajstić information content (AvgIpc) is 3.13. The van der Waals surface area contributed by atoms with Crippen molar-refractivity contribution in [2.75, 3.05) is 10.9 Å². The van der Waals surface area contributed by atoms with Crippen LogP contribution < -0.4 is 9.04 Å². The van der Waals surface area contributed by atoms with Crippen molar-refractivity contribution in [2.24, 2.45) is 0 Å². The Morgan fingerprint density at radius 1 is 1.00 bits per heavy atom. The number of nitrogens with zero attached hydrogens (tertiary/aromatic N) is 4. The number of rotatable bonds is 7. The molecule has 0 spiro atoms. The topological polar surface area (TPSA) is 76.8 Å². The number of ether oxygens (including phenoxy) is 1. The standard InChI is InChI=1S/C23H24N4O3S/c1-4-30-21-10-8-20(9-11-21)27(15-19-7-5-6-17(2)14-19)31(28,29)22-12-13-23-25-24-18(3)26(23)16-22/h5-14,16H,4,15H2,1-3H3. The highest BCUT2D eigenvalue weighted by atomic mass is 32.2. The van der Waals surface area contributed by atoms with Crippen LogP contribution in [0.5, 0.6) is 5.75 Å². The van der Waals surface area contributed by atoms with Gasteiger partial charge in [-0.1, -0.05) is 29.8 Å². The SMILES string of the molecule is CCOc1ccc(N(Cc2cccc(C)c2)S(=O)(=O)c2ccc3nnc(C)n3c2)cc1. The Labute approximate surface area is 182 Å².